The SMILES string of the molecule is CCC(C)OC(C)(CBr)CN(CC)C(=O)OC(C)(C)C. The van der Waals surface area contributed by atoms with Gasteiger partial charge in [0.25, 0.3) is 0 Å². The summed E-state index contributed by atoms with van der Waals surface area (Å²) in [4.78, 5) is 13.9. The quantitative estimate of drug-likeness (QED) is 0.644. The predicted molar refractivity (Wildman–Crippen MR) is 86.5 cm³/mol. The maximum Gasteiger partial charge on any atom is 0.410 e. The molecule has 0 saturated carbocycles. The molecular weight excluding hydrogens is 322 g/mol. The number of carbonyl (C=O) groups excluding carboxylic acids is 1. The van der Waals surface area contributed by atoms with Gasteiger partial charge in [-0.15, -0.1) is 0 Å². The van der Waals surface area contributed by atoms with Gasteiger partial charge in [0.1, 0.15) is 5.60 Å². The van der Waals surface area contributed by atoms with Crippen LogP contribution in [-0.2, 0) is 9.47 Å². The van der Waals surface area contributed by atoms with Gasteiger partial charge in [0.2, 0.25) is 0 Å². The van der Waals surface area contributed by atoms with Crippen molar-refractivity contribution < 1.29 is 14.3 Å². The summed E-state index contributed by atoms with van der Waals surface area (Å²) in [5.41, 5.74) is -0.894. The average molecular weight is 352 g/mol. The first-order valence-electron chi connectivity index (χ1n) is 7.28. The first-order chi connectivity index (χ1) is 9.06. The highest BCUT2D eigenvalue weighted by Gasteiger charge is 2.32. The van der Waals surface area contributed by atoms with Crippen molar-refractivity contribution in [2.24, 2.45) is 0 Å². The molecule has 4 nitrogen and oxygen atoms in total. The smallest absolute Gasteiger partial charge is 0.410 e. The number of amides is 1. The Balaban J connectivity index is 4.77. The van der Waals surface area contributed by atoms with E-state index in [1.54, 1.807) is 4.90 Å². The first kappa shape index (κ1) is 19.7. The monoisotopic (exact) mass is 351 g/mol. The summed E-state index contributed by atoms with van der Waals surface area (Å²) in [6.07, 6.45) is 0.816. The molecule has 0 fully saturated rings. The lowest BCUT2D eigenvalue weighted by Crippen LogP contribution is -2.49. The standard InChI is InChI=1S/C15H30BrNO3/c1-8-12(3)19-15(7,10-16)11-17(9-2)13(18)20-14(4,5)6/h12H,8-11H2,1-7H3. The van der Waals surface area contributed by atoms with Crippen LogP contribution < -0.4 is 0 Å². The van der Waals surface area contributed by atoms with Crippen molar-refractivity contribution in [2.45, 2.75) is 72.2 Å². The molecule has 2 unspecified atom stereocenters. The molecule has 0 N–H and O–H groups in total. The second-order valence-corrected chi connectivity index (χ2v) is 6.98. The molecule has 0 aromatic heterocycles. The van der Waals surface area contributed by atoms with E-state index in [0.29, 0.717) is 18.4 Å². The van der Waals surface area contributed by atoms with Gasteiger partial charge < -0.3 is 14.4 Å². The van der Waals surface area contributed by atoms with E-state index in [2.05, 4.69) is 22.9 Å². The lowest BCUT2D eigenvalue weighted by Gasteiger charge is -2.36. The third kappa shape index (κ3) is 7.48. The third-order valence-corrected chi connectivity index (χ3v) is 4.09. The topological polar surface area (TPSA) is 38.8 Å². The highest BCUT2D eigenvalue weighted by molar-refractivity contribution is 9.09. The number of hydrogen-bond donors (Lipinski definition) is 0. The van der Waals surface area contributed by atoms with Crippen LogP contribution in [0.15, 0.2) is 0 Å². The van der Waals surface area contributed by atoms with Crippen LogP contribution >= 0.6 is 15.9 Å². The number of alkyl halides is 1. The van der Waals surface area contributed by atoms with Gasteiger partial charge in [0, 0.05) is 11.9 Å². The maximum atomic E-state index is 12.2. The fraction of sp³-hybridized carbons (Fsp3) is 0.933. The minimum Gasteiger partial charge on any atom is -0.444 e. The van der Waals surface area contributed by atoms with Crippen molar-refractivity contribution in [1.29, 1.82) is 0 Å². The number of nitrogens with zero attached hydrogens (tertiary/aromatic N) is 1. The van der Waals surface area contributed by atoms with Crippen molar-refractivity contribution >= 4 is 22.0 Å². The average Bonchev–Trinajstić information content (AvgIpc) is 2.33. The summed E-state index contributed by atoms with van der Waals surface area (Å²) in [5, 5.41) is 0.670. The van der Waals surface area contributed by atoms with Crippen molar-refractivity contribution in [3.05, 3.63) is 0 Å². The van der Waals surface area contributed by atoms with Gasteiger partial charge in [0.15, 0.2) is 0 Å². The highest BCUT2D eigenvalue weighted by atomic mass is 79.9. The van der Waals surface area contributed by atoms with Crippen LogP contribution in [0.2, 0.25) is 0 Å². The molecule has 0 saturated heterocycles. The van der Waals surface area contributed by atoms with Gasteiger partial charge in [-0.25, -0.2) is 4.79 Å². The van der Waals surface area contributed by atoms with Gasteiger partial charge in [-0.3, -0.25) is 0 Å². The number of rotatable bonds is 7. The van der Waals surface area contributed by atoms with E-state index in [0.717, 1.165) is 6.42 Å². The molecule has 0 rings (SSSR count). The summed E-state index contributed by atoms with van der Waals surface area (Å²) in [6, 6.07) is 0. The molecule has 0 aromatic carbocycles. The molecule has 1 amide bonds. The normalized spacial score (nSPS) is 16.4. The summed E-state index contributed by atoms with van der Waals surface area (Å²) >= 11 is 3.49. The Kier molecular flexibility index (Phi) is 8.11. The minimum atomic E-state index is -0.479. The Morgan fingerprint density at radius 3 is 2.15 bits per heavy atom. The van der Waals surface area contributed by atoms with Crippen molar-refractivity contribution in [1.82, 2.24) is 4.90 Å². The molecule has 0 bridgehead atoms. The fourth-order valence-electron chi connectivity index (χ4n) is 1.72. The molecule has 0 aliphatic heterocycles. The summed E-state index contributed by atoms with van der Waals surface area (Å²) in [6.45, 7) is 14.8. The van der Waals surface area contributed by atoms with Gasteiger partial charge in [-0.2, -0.15) is 0 Å². The summed E-state index contributed by atoms with van der Waals surface area (Å²) in [7, 11) is 0. The number of ether oxygens (including phenoxy) is 2. The summed E-state index contributed by atoms with van der Waals surface area (Å²) in [5.74, 6) is 0. The van der Waals surface area contributed by atoms with Crippen LogP contribution in [0.25, 0.3) is 0 Å². The third-order valence-electron chi connectivity index (χ3n) is 2.90. The van der Waals surface area contributed by atoms with Gasteiger partial charge >= 0.3 is 6.09 Å². The number of halogens is 1. The molecule has 0 aliphatic rings. The van der Waals surface area contributed by atoms with E-state index in [9.17, 15) is 4.79 Å². The van der Waals surface area contributed by atoms with E-state index < -0.39 is 11.2 Å². The maximum absolute atomic E-state index is 12.2. The van der Waals surface area contributed by atoms with Crippen molar-refractivity contribution in [3.8, 4) is 0 Å². The Morgan fingerprint density at radius 2 is 1.80 bits per heavy atom. The number of carbonyl (C=O) groups is 1. The van der Waals surface area contributed by atoms with Gasteiger partial charge in [-0.1, -0.05) is 22.9 Å². The summed E-state index contributed by atoms with van der Waals surface area (Å²) < 4.78 is 11.5. The number of hydrogen-bond acceptors (Lipinski definition) is 3. The van der Waals surface area contributed by atoms with E-state index in [1.165, 1.54) is 0 Å². The van der Waals surface area contributed by atoms with E-state index in [4.69, 9.17) is 9.47 Å². The predicted octanol–water partition coefficient (Wildman–Crippen LogP) is 4.21. The molecule has 0 heterocycles. The molecule has 0 aliphatic carbocycles. The second-order valence-electron chi connectivity index (χ2n) is 6.41. The number of likely N-dealkylation sites (N-methyl/N-ethyl adjacent to an activating group) is 1. The van der Waals surface area contributed by atoms with Crippen LogP contribution in [0.4, 0.5) is 4.79 Å². The Morgan fingerprint density at radius 1 is 1.25 bits per heavy atom. The lowest BCUT2D eigenvalue weighted by atomic mass is 10.1. The Labute approximate surface area is 132 Å². The molecule has 0 spiro atoms. The lowest BCUT2D eigenvalue weighted by molar-refractivity contribution is -0.0779. The van der Waals surface area contributed by atoms with Gasteiger partial charge in [0.05, 0.1) is 18.2 Å². The zero-order valence-electron chi connectivity index (χ0n) is 14.0. The molecule has 20 heavy (non-hydrogen) atoms. The molecule has 0 aromatic rings. The van der Waals surface area contributed by atoms with Crippen molar-refractivity contribution in [2.75, 3.05) is 18.4 Å². The van der Waals surface area contributed by atoms with Crippen LogP contribution in [0, 0.1) is 0 Å². The van der Waals surface area contributed by atoms with E-state index >= 15 is 0 Å². The second kappa shape index (κ2) is 8.23. The van der Waals surface area contributed by atoms with Crippen LogP contribution in [0.5, 0.6) is 0 Å². The zero-order chi connectivity index (χ0) is 16.0. The van der Waals surface area contributed by atoms with Gasteiger partial charge in [-0.05, 0) is 48.0 Å². The molecule has 0 radical (unpaired) electrons. The molecular formula is C15H30BrNO3. The van der Waals surface area contributed by atoms with E-state index in [1.807, 2.05) is 41.5 Å². The van der Waals surface area contributed by atoms with Crippen LogP contribution in [-0.4, -0.2) is 46.7 Å². The minimum absolute atomic E-state index is 0.162. The largest absolute Gasteiger partial charge is 0.444 e. The van der Waals surface area contributed by atoms with E-state index in [-0.39, 0.29) is 12.2 Å². The van der Waals surface area contributed by atoms with Crippen molar-refractivity contribution in [3.63, 3.8) is 0 Å². The Hall–Kier alpha value is -0.290. The molecule has 2 atom stereocenters. The molecule has 5 heteroatoms. The highest BCUT2D eigenvalue weighted by Crippen LogP contribution is 2.21. The fourth-order valence-corrected chi connectivity index (χ4v) is 2.03. The van der Waals surface area contributed by atoms with Crippen LogP contribution in [0.1, 0.15) is 54.9 Å². The first-order valence-corrected chi connectivity index (χ1v) is 8.40. The molecule has 120 valence electrons. The Bertz CT molecular complexity index is 304. The van der Waals surface area contributed by atoms with Crippen LogP contribution in [0.3, 0.4) is 0 Å². The zero-order valence-corrected chi connectivity index (χ0v) is 15.5.